The molecule has 0 fully saturated rings. The second kappa shape index (κ2) is 4.19. The maximum Gasteiger partial charge on any atom is 0.307 e. The van der Waals surface area contributed by atoms with E-state index in [0.717, 1.165) is 0 Å². The van der Waals surface area contributed by atoms with E-state index in [9.17, 15) is 9.18 Å². The Bertz CT molecular complexity index is 329. The van der Waals surface area contributed by atoms with Crippen LogP contribution in [0.1, 0.15) is 5.56 Å². The molecule has 0 atom stereocenters. The van der Waals surface area contributed by atoms with Crippen molar-refractivity contribution < 1.29 is 14.3 Å². The minimum atomic E-state index is -0.978. The number of halogens is 3. The van der Waals surface area contributed by atoms with Crippen LogP contribution in [-0.2, 0) is 11.2 Å². The van der Waals surface area contributed by atoms with Gasteiger partial charge >= 0.3 is 5.97 Å². The van der Waals surface area contributed by atoms with Crippen LogP contribution in [0.4, 0.5) is 4.39 Å². The molecule has 0 saturated carbocycles. The average molecular weight is 312 g/mol. The summed E-state index contributed by atoms with van der Waals surface area (Å²) < 4.78 is 13.8. The Balaban J connectivity index is 3.06. The lowest BCUT2D eigenvalue weighted by Gasteiger charge is -2.01. The van der Waals surface area contributed by atoms with Crippen molar-refractivity contribution in [1.82, 2.24) is 0 Å². The zero-order valence-corrected chi connectivity index (χ0v) is 9.52. The van der Waals surface area contributed by atoms with Crippen molar-refractivity contribution in [2.75, 3.05) is 0 Å². The van der Waals surface area contributed by atoms with Crippen LogP contribution in [0.25, 0.3) is 0 Å². The number of aliphatic carboxylic acids is 1. The van der Waals surface area contributed by atoms with E-state index in [4.69, 9.17) is 5.11 Å². The number of carboxylic acid groups (broad SMARTS) is 1. The summed E-state index contributed by atoms with van der Waals surface area (Å²) in [5.74, 6) is -1.45. The lowest BCUT2D eigenvalue weighted by molar-refractivity contribution is -0.136. The number of carboxylic acids is 1. The van der Waals surface area contributed by atoms with Crippen LogP contribution in [0.2, 0.25) is 0 Å². The van der Waals surface area contributed by atoms with Crippen LogP contribution in [0.3, 0.4) is 0 Å². The van der Waals surface area contributed by atoms with Gasteiger partial charge in [0, 0.05) is 4.47 Å². The lowest BCUT2D eigenvalue weighted by Crippen LogP contribution is -2.00. The maximum atomic E-state index is 13.0. The number of carbonyl (C=O) groups is 1. The molecule has 5 heteroatoms. The van der Waals surface area contributed by atoms with Gasteiger partial charge in [-0.3, -0.25) is 4.79 Å². The predicted molar refractivity (Wildman–Crippen MR) is 53.1 cm³/mol. The summed E-state index contributed by atoms with van der Waals surface area (Å²) >= 11 is 6.12. The standard InChI is InChI=1S/C8H5Br2FO2/c9-5-1-4(3-7(12)13)2-6(11)8(5)10/h1-2H,3H2,(H,12,13). The van der Waals surface area contributed by atoms with Gasteiger partial charge in [-0.1, -0.05) is 0 Å². The highest BCUT2D eigenvalue weighted by Crippen LogP contribution is 2.27. The van der Waals surface area contributed by atoms with Gasteiger partial charge in [0.15, 0.2) is 0 Å². The van der Waals surface area contributed by atoms with E-state index in [0.29, 0.717) is 14.5 Å². The minimum Gasteiger partial charge on any atom is -0.481 e. The molecule has 1 aromatic rings. The van der Waals surface area contributed by atoms with Crippen LogP contribution in [0.15, 0.2) is 21.1 Å². The third-order valence-corrected chi connectivity index (χ3v) is 3.36. The summed E-state index contributed by atoms with van der Waals surface area (Å²) in [7, 11) is 0. The molecule has 70 valence electrons. The van der Waals surface area contributed by atoms with E-state index in [-0.39, 0.29) is 6.42 Å². The van der Waals surface area contributed by atoms with Gasteiger partial charge in [0.05, 0.1) is 10.9 Å². The first-order valence-corrected chi connectivity index (χ1v) is 4.94. The van der Waals surface area contributed by atoms with Gasteiger partial charge in [0.25, 0.3) is 0 Å². The third kappa shape index (κ3) is 2.77. The molecule has 0 heterocycles. The predicted octanol–water partition coefficient (Wildman–Crippen LogP) is 2.98. The Morgan fingerprint density at radius 2 is 2.08 bits per heavy atom. The Morgan fingerprint density at radius 1 is 1.46 bits per heavy atom. The first kappa shape index (κ1) is 10.7. The molecule has 0 saturated heterocycles. The zero-order valence-electron chi connectivity index (χ0n) is 6.35. The molecule has 13 heavy (non-hydrogen) atoms. The van der Waals surface area contributed by atoms with E-state index in [2.05, 4.69) is 31.9 Å². The molecule has 0 unspecified atom stereocenters. The molecule has 0 radical (unpaired) electrons. The molecule has 0 aromatic heterocycles. The van der Waals surface area contributed by atoms with Crippen molar-refractivity contribution in [3.63, 3.8) is 0 Å². The second-order valence-corrected chi connectivity index (χ2v) is 4.09. The van der Waals surface area contributed by atoms with Gasteiger partial charge in [-0.15, -0.1) is 0 Å². The molecule has 1 rings (SSSR count). The molecule has 0 aliphatic rings. The molecule has 2 nitrogen and oxygen atoms in total. The van der Waals surface area contributed by atoms with E-state index < -0.39 is 11.8 Å². The lowest BCUT2D eigenvalue weighted by atomic mass is 10.1. The van der Waals surface area contributed by atoms with E-state index >= 15 is 0 Å². The summed E-state index contributed by atoms with van der Waals surface area (Å²) in [6.45, 7) is 0. The van der Waals surface area contributed by atoms with Gasteiger partial charge in [0.1, 0.15) is 5.82 Å². The van der Waals surface area contributed by atoms with Gasteiger partial charge in [-0.2, -0.15) is 0 Å². The van der Waals surface area contributed by atoms with Crippen molar-refractivity contribution in [2.45, 2.75) is 6.42 Å². The summed E-state index contributed by atoms with van der Waals surface area (Å²) in [4.78, 5) is 10.3. The third-order valence-electron chi connectivity index (χ3n) is 1.40. The monoisotopic (exact) mass is 310 g/mol. The van der Waals surface area contributed by atoms with Gasteiger partial charge in [-0.05, 0) is 49.6 Å². The zero-order chi connectivity index (χ0) is 10.0. The SMILES string of the molecule is O=C(O)Cc1cc(F)c(Br)c(Br)c1. The number of benzene rings is 1. The molecular weight excluding hydrogens is 307 g/mol. The maximum absolute atomic E-state index is 13.0. The largest absolute Gasteiger partial charge is 0.481 e. The molecule has 0 spiro atoms. The Labute approximate surface area is 91.0 Å². The Morgan fingerprint density at radius 3 is 2.54 bits per heavy atom. The number of hydrogen-bond acceptors (Lipinski definition) is 1. The van der Waals surface area contributed by atoms with Crippen LogP contribution >= 0.6 is 31.9 Å². The van der Waals surface area contributed by atoms with Gasteiger partial charge in [-0.25, -0.2) is 4.39 Å². The Hall–Kier alpha value is -0.420. The number of rotatable bonds is 2. The van der Waals surface area contributed by atoms with Crippen molar-refractivity contribution in [3.05, 3.63) is 32.5 Å². The van der Waals surface area contributed by atoms with Crippen LogP contribution < -0.4 is 0 Å². The van der Waals surface area contributed by atoms with Crippen molar-refractivity contribution in [3.8, 4) is 0 Å². The highest BCUT2D eigenvalue weighted by molar-refractivity contribution is 9.13. The summed E-state index contributed by atoms with van der Waals surface area (Å²) in [6, 6.07) is 2.77. The molecule has 1 N–H and O–H groups in total. The summed E-state index contributed by atoms with van der Waals surface area (Å²) in [6.07, 6.45) is -0.178. The molecule has 1 aromatic carbocycles. The molecule has 0 amide bonds. The molecule has 0 bridgehead atoms. The minimum absolute atomic E-state index is 0.178. The quantitative estimate of drug-likeness (QED) is 0.853. The second-order valence-electron chi connectivity index (χ2n) is 2.44. The first-order valence-electron chi connectivity index (χ1n) is 3.36. The molecular formula is C8H5Br2FO2. The first-order chi connectivity index (χ1) is 6.00. The highest BCUT2D eigenvalue weighted by Gasteiger charge is 2.08. The van der Waals surface area contributed by atoms with Crippen LogP contribution in [0.5, 0.6) is 0 Å². The van der Waals surface area contributed by atoms with E-state index in [1.54, 1.807) is 6.07 Å². The van der Waals surface area contributed by atoms with Crippen molar-refractivity contribution in [2.24, 2.45) is 0 Å². The average Bonchev–Trinajstić information content (AvgIpc) is 1.98. The smallest absolute Gasteiger partial charge is 0.307 e. The fourth-order valence-corrected chi connectivity index (χ4v) is 1.60. The van der Waals surface area contributed by atoms with E-state index in [1.807, 2.05) is 0 Å². The van der Waals surface area contributed by atoms with Gasteiger partial charge in [0.2, 0.25) is 0 Å². The molecule has 0 aliphatic heterocycles. The normalized spacial score (nSPS) is 10.1. The van der Waals surface area contributed by atoms with Crippen LogP contribution in [0, 0.1) is 5.82 Å². The van der Waals surface area contributed by atoms with Crippen molar-refractivity contribution in [1.29, 1.82) is 0 Å². The van der Waals surface area contributed by atoms with Crippen molar-refractivity contribution >= 4 is 37.8 Å². The van der Waals surface area contributed by atoms with Gasteiger partial charge < -0.3 is 5.11 Å². The highest BCUT2D eigenvalue weighted by atomic mass is 79.9. The summed E-state index contributed by atoms with van der Waals surface area (Å²) in [5, 5.41) is 8.47. The molecule has 0 aliphatic carbocycles. The fourth-order valence-electron chi connectivity index (χ4n) is 0.885. The summed E-state index contributed by atoms with van der Waals surface area (Å²) in [5.41, 5.74) is 0.431. The fraction of sp³-hybridized carbons (Fsp3) is 0.125. The topological polar surface area (TPSA) is 37.3 Å². The van der Waals surface area contributed by atoms with E-state index in [1.165, 1.54) is 6.07 Å². The van der Waals surface area contributed by atoms with Crippen LogP contribution in [-0.4, -0.2) is 11.1 Å². The number of hydrogen-bond donors (Lipinski definition) is 1. The Kier molecular flexibility index (Phi) is 3.44.